The lowest BCUT2D eigenvalue weighted by Gasteiger charge is -2.02. The first kappa shape index (κ1) is 14.9. The molecule has 1 amide bonds. The average Bonchev–Trinajstić information content (AvgIpc) is 2.26. The van der Waals surface area contributed by atoms with Crippen LogP contribution in [0, 0.1) is 0 Å². The molecular formula is C9H16N2O4S. The Hall–Kier alpha value is -1.08. The molecule has 0 spiro atoms. The second-order valence-electron chi connectivity index (χ2n) is 2.76. The molecule has 0 atom stereocenters. The molecule has 7 heteroatoms. The summed E-state index contributed by atoms with van der Waals surface area (Å²) >= 11 is 0.988. The van der Waals surface area contributed by atoms with E-state index in [0.29, 0.717) is 12.4 Å². The minimum absolute atomic E-state index is 0.0659. The number of ether oxygens (including phenoxy) is 1. The summed E-state index contributed by atoms with van der Waals surface area (Å²) in [6.45, 7) is 1.85. The van der Waals surface area contributed by atoms with Crippen molar-refractivity contribution in [3.8, 4) is 0 Å². The molecule has 0 aromatic carbocycles. The van der Waals surface area contributed by atoms with Crippen LogP contribution in [0.1, 0.15) is 13.3 Å². The predicted molar refractivity (Wildman–Crippen MR) is 60.8 cm³/mol. The van der Waals surface area contributed by atoms with Crippen molar-refractivity contribution in [3.63, 3.8) is 0 Å². The zero-order chi connectivity index (χ0) is 12.4. The number of rotatable bonds is 7. The fourth-order valence-corrected chi connectivity index (χ4v) is 1.45. The smallest absolute Gasteiger partial charge is 0.306 e. The van der Waals surface area contributed by atoms with Crippen molar-refractivity contribution in [3.05, 3.63) is 0 Å². The summed E-state index contributed by atoms with van der Waals surface area (Å²) in [5.41, 5.74) is 5.04. The van der Waals surface area contributed by atoms with Gasteiger partial charge >= 0.3 is 5.97 Å². The van der Waals surface area contributed by atoms with Gasteiger partial charge in [0.05, 0.1) is 26.1 Å². The Morgan fingerprint density at radius 2 is 2.06 bits per heavy atom. The van der Waals surface area contributed by atoms with Crippen LogP contribution >= 0.6 is 11.8 Å². The molecule has 3 N–H and O–H groups in total. The molecule has 0 saturated heterocycles. The van der Waals surface area contributed by atoms with Crippen molar-refractivity contribution >= 4 is 28.8 Å². The standard InChI is InChI=1S/C9H16N2O4S/c1-2-15-8(13)3-4-16-9(14)6-11-7(12)5-10/h2-6,10H2,1H3,(H,11,12). The maximum atomic E-state index is 11.2. The molecule has 0 aromatic rings. The number of carbonyl (C=O) groups is 3. The van der Waals surface area contributed by atoms with E-state index in [4.69, 9.17) is 5.73 Å². The average molecular weight is 248 g/mol. The Morgan fingerprint density at radius 3 is 2.62 bits per heavy atom. The van der Waals surface area contributed by atoms with Gasteiger partial charge < -0.3 is 15.8 Å². The normalized spacial score (nSPS) is 9.62. The van der Waals surface area contributed by atoms with Gasteiger partial charge in [0, 0.05) is 5.75 Å². The summed E-state index contributed by atoms with van der Waals surface area (Å²) in [5, 5.41) is 2.14. The summed E-state index contributed by atoms with van der Waals surface area (Å²) in [7, 11) is 0. The van der Waals surface area contributed by atoms with Crippen molar-refractivity contribution in [2.75, 3.05) is 25.4 Å². The zero-order valence-electron chi connectivity index (χ0n) is 9.15. The van der Waals surface area contributed by atoms with Crippen LogP contribution in [-0.2, 0) is 19.1 Å². The van der Waals surface area contributed by atoms with E-state index in [1.807, 2.05) is 0 Å². The van der Waals surface area contributed by atoms with E-state index in [0.717, 1.165) is 11.8 Å². The second-order valence-corrected chi connectivity index (χ2v) is 3.91. The molecule has 0 fully saturated rings. The van der Waals surface area contributed by atoms with Gasteiger partial charge in [0.1, 0.15) is 0 Å². The highest BCUT2D eigenvalue weighted by molar-refractivity contribution is 8.13. The number of hydrogen-bond donors (Lipinski definition) is 2. The number of thioether (sulfide) groups is 1. The van der Waals surface area contributed by atoms with E-state index in [2.05, 4.69) is 10.1 Å². The lowest BCUT2D eigenvalue weighted by Crippen LogP contribution is -2.33. The highest BCUT2D eigenvalue weighted by atomic mass is 32.2. The molecule has 0 unspecified atom stereocenters. The van der Waals surface area contributed by atoms with E-state index < -0.39 is 0 Å². The molecule has 0 saturated carbocycles. The Morgan fingerprint density at radius 1 is 1.38 bits per heavy atom. The van der Waals surface area contributed by atoms with Gasteiger partial charge in [0.15, 0.2) is 0 Å². The van der Waals surface area contributed by atoms with Crippen molar-refractivity contribution in [2.24, 2.45) is 5.73 Å². The molecule has 16 heavy (non-hydrogen) atoms. The first-order valence-corrected chi connectivity index (χ1v) is 5.86. The first-order valence-electron chi connectivity index (χ1n) is 4.88. The van der Waals surface area contributed by atoms with Crippen LogP contribution in [-0.4, -0.2) is 42.4 Å². The van der Waals surface area contributed by atoms with Gasteiger partial charge in [0.25, 0.3) is 0 Å². The maximum absolute atomic E-state index is 11.2. The topological polar surface area (TPSA) is 98.5 Å². The predicted octanol–water partition coefficient (Wildman–Crippen LogP) is -0.726. The molecule has 0 radical (unpaired) electrons. The lowest BCUT2D eigenvalue weighted by atomic mass is 10.5. The molecule has 0 aliphatic carbocycles. The zero-order valence-corrected chi connectivity index (χ0v) is 9.97. The largest absolute Gasteiger partial charge is 0.466 e. The molecule has 0 bridgehead atoms. The van der Waals surface area contributed by atoms with Crippen LogP contribution in [0.25, 0.3) is 0 Å². The van der Waals surface area contributed by atoms with Crippen LogP contribution < -0.4 is 11.1 Å². The van der Waals surface area contributed by atoms with Gasteiger partial charge in [-0.2, -0.15) is 0 Å². The van der Waals surface area contributed by atoms with E-state index in [1.54, 1.807) is 6.92 Å². The first-order chi connectivity index (χ1) is 7.60. The Kier molecular flexibility index (Phi) is 8.55. The van der Waals surface area contributed by atoms with E-state index in [-0.39, 0.29) is 36.5 Å². The van der Waals surface area contributed by atoms with Crippen LogP contribution in [0.4, 0.5) is 0 Å². The number of hydrogen-bond acceptors (Lipinski definition) is 6. The quantitative estimate of drug-likeness (QED) is 0.577. The highest BCUT2D eigenvalue weighted by Crippen LogP contribution is 2.04. The highest BCUT2D eigenvalue weighted by Gasteiger charge is 2.07. The minimum Gasteiger partial charge on any atom is -0.466 e. The second kappa shape index (κ2) is 9.17. The van der Waals surface area contributed by atoms with Crippen molar-refractivity contribution in [2.45, 2.75) is 13.3 Å². The summed E-state index contributed by atoms with van der Waals surface area (Å²) < 4.78 is 4.69. The van der Waals surface area contributed by atoms with Crippen LogP contribution in [0.5, 0.6) is 0 Å². The number of esters is 1. The van der Waals surface area contributed by atoms with Crippen LogP contribution in [0.3, 0.4) is 0 Å². The van der Waals surface area contributed by atoms with Gasteiger partial charge in [-0.05, 0) is 6.92 Å². The summed E-state index contributed by atoms with van der Waals surface area (Å²) in [6.07, 6.45) is 0.190. The van der Waals surface area contributed by atoms with Gasteiger partial charge in [-0.3, -0.25) is 14.4 Å². The van der Waals surface area contributed by atoms with Crippen LogP contribution in [0.15, 0.2) is 0 Å². The SMILES string of the molecule is CCOC(=O)CCSC(=O)CNC(=O)CN. The molecule has 6 nitrogen and oxygen atoms in total. The number of nitrogens with one attached hydrogen (secondary N) is 1. The molecule has 92 valence electrons. The van der Waals surface area contributed by atoms with Gasteiger partial charge in [-0.25, -0.2) is 0 Å². The number of carbonyl (C=O) groups excluding carboxylic acids is 3. The third-order valence-corrected chi connectivity index (χ3v) is 2.36. The van der Waals surface area contributed by atoms with Gasteiger partial charge in [-0.15, -0.1) is 0 Å². The monoisotopic (exact) mass is 248 g/mol. The number of nitrogens with two attached hydrogens (primary N) is 1. The third kappa shape index (κ3) is 8.25. The molecule has 0 aliphatic rings. The lowest BCUT2D eigenvalue weighted by molar-refractivity contribution is -0.142. The Labute approximate surface area is 98.3 Å². The van der Waals surface area contributed by atoms with Crippen molar-refractivity contribution in [1.82, 2.24) is 5.32 Å². The summed E-state index contributed by atoms with van der Waals surface area (Å²) in [4.78, 5) is 32.8. The van der Waals surface area contributed by atoms with Crippen molar-refractivity contribution < 1.29 is 19.1 Å². The summed E-state index contributed by atoms with van der Waals surface area (Å²) in [6, 6.07) is 0. The van der Waals surface area contributed by atoms with E-state index in [9.17, 15) is 14.4 Å². The minimum atomic E-state index is -0.376. The van der Waals surface area contributed by atoms with E-state index in [1.165, 1.54) is 0 Å². The van der Waals surface area contributed by atoms with Crippen LogP contribution in [0.2, 0.25) is 0 Å². The fourth-order valence-electron chi connectivity index (χ4n) is 0.775. The molecule has 0 heterocycles. The Balaban J connectivity index is 3.51. The summed E-state index contributed by atoms with van der Waals surface area (Å²) in [5.74, 6) is -0.343. The molecular weight excluding hydrogens is 232 g/mol. The maximum Gasteiger partial charge on any atom is 0.306 e. The van der Waals surface area contributed by atoms with Gasteiger partial charge in [-0.1, -0.05) is 11.8 Å². The Bertz CT molecular complexity index is 258. The third-order valence-electron chi connectivity index (χ3n) is 1.49. The number of amides is 1. The fraction of sp³-hybridized carbons (Fsp3) is 0.667. The van der Waals surface area contributed by atoms with E-state index >= 15 is 0 Å². The molecule has 0 aromatic heterocycles. The molecule has 0 rings (SSSR count). The molecule has 0 aliphatic heterocycles. The van der Waals surface area contributed by atoms with Crippen molar-refractivity contribution in [1.29, 1.82) is 0 Å². The van der Waals surface area contributed by atoms with Gasteiger partial charge in [0.2, 0.25) is 11.0 Å².